The van der Waals surface area contributed by atoms with Crippen molar-refractivity contribution in [3.05, 3.63) is 94.5 Å². The molecule has 0 unspecified atom stereocenters. The zero-order valence-electron chi connectivity index (χ0n) is 23.4. The monoisotopic (exact) mass is 616 g/mol. The fourth-order valence-corrected chi connectivity index (χ4v) is 5.03. The first-order chi connectivity index (χ1) is 20.5. The van der Waals surface area contributed by atoms with Crippen molar-refractivity contribution >= 4 is 35.1 Å². The van der Waals surface area contributed by atoms with Gasteiger partial charge < -0.3 is 25.6 Å². The molecule has 3 N–H and O–H groups in total. The maximum atomic E-state index is 13.6. The Bertz CT molecular complexity index is 1430. The third-order valence-corrected chi connectivity index (χ3v) is 7.54. The van der Waals surface area contributed by atoms with Crippen LogP contribution in [0, 0.1) is 5.92 Å². The summed E-state index contributed by atoms with van der Waals surface area (Å²) >= 11 is 6.03. The summed E-state index contributed by atoms with van der Waals surface area (Å²) in [6, 6.07) is 17.2. The second kappa shape index (κ2) is 14.3. The summed E-state index contributed by atoms with van der Waals surface area (Å²) < 4.78 is 44.7. The Kier molecular flexibility index (Phi) is 10.5. The summed E-state index contributed by atoms with van der Waals surface area (Å²) in [5.74, 6) is -0.0408. The molecule has 12 heteroatoms. The van der Waals surface area contributed by atoms with Crippen molar-refractivity contribution in [1.29, 1.82) is 0 Å². The van der Waals surface area contributed by atoms with E-state index in [9.17, 15) is 27.6 Å². The van der Waals surface area contributed by atoms with E-state index < -0.39 is 23.8 Å². The van der Waals surface area contributed by atoms with E-state index in [-0.39, 0.29) is 34.9 Å². The first kappa shape index (κ1) is 31.7. The maximum Gasteiger partial charge on any atom is 0.416 e. The molecule has 43 heavy (non-hydrogen) atoms. The van der Waals surface area contributed by atoms with Gasteiger partial charge in [0.25, 0.3) is 0 Å². The number of nitrogens with one attached hydrogen (secondary N) is 3. The lowest BCUT2D eigenvalue weighted by Gasteiger charge is -2.34. The Morgan fingerprint density at radius 1 is 0.977 bits per heavy atom. The molecular formula is C31H32ClF3N4O4. The van der Waals surface area contributed by atoms with Gasteiger partial charge in [-0.1, -0.05) is 54.1 Å². The molecule has 4 rings (SSSR count). The molecule has 4 amide bonds. The molecule has 0 saturated carbocycles. The summed E-state index contributed by atoms with van der Waals surface area (Å²) in [6.45, 7) is 0.970. The highest BCUT2D eigenvalue weighted by Crippen LogP contribution is 2.33. The van der Waals surface area contributed by atoms with Crippen molar-refractivity contribution in [3.8, 4) is 5.75 Å². The fourth-order valence-electron chi connectivity index (χ4n) is 4.86. The van der Waals surface area contributed by atoms with Crippen molar-refractivity contribution in [2.45, 2.75) is 38.0 Å². The minimum atomic E-state index is -4.62. The molecular weight excluding hydrogens is 585 g/mol. The summed E-state index contributed by atoms with van der Waals surface area (Å²) in [5, 5.41) is 7.81. The molecule has 0 radical (unpaired) electrons. The van der Waals surface area contributed by atoms with Gasteiger partial charge in [0, 0.05) is 32.0 Å². The minimum Gasteiger partial charge on any atom is -0.497 e. The third kappa shape index (κ3) is 8.87. The zero-order chi connectivity index (χ0) is 31.0. The molecule has 1 atom stereocenters. The lowest BCUT2D eigenvalue weighted by Crippen LogP contribution is -2.53. The van der Waals surface area contributed by atoms with Gasteiger partial charge in [-0.2, -0.15) is 13.2 Å². The number of urea groups is 1. The van der Waals surface area contributed by atoms with Crippen LogP contribution in [0.15, 0.2) is 72.8 Å². The van der Waals surface area contributed by atoms with Crippen LogP contribution in [-0.4, -0.2) is 49.0 Å². The van der Waals surface area contributed by atoms with Gasteiger partial charge in [0.2, 0.25) is 11.8 Å². The quantitative estimate of drug-likeness (QED) is 0.289. The van der Waals surface area contributed by atoms with E-state index in [2.05, 4.69) is 16.0 Å². The van der Waals surface area contributed by atoms with Gasteiger partial charge in [-0.25, -0.2) is 4.79 Å². The Hall–Kier alpha value is -4.25. The number of rotatable bonds is 9. The first-order valence-electron chi connectivity index (χ1n) is 13.7. The Labute approximate surface area is 252 Å². The smallest absolute Gasteiger partial charge is 0.416 e. The molecule has 0 spiro atoms. The number of alkyl halides is 3. The van der Waals surface area contributed by atoms with Crippen LogP contribution in [0.25, 0.3) is 0 Å². The second-order valence-corrected chi connectivity index (χ2v) is 10.6. The molecule has 1 aliphatic heterocycles. The number of hydrogen-bond acceptors (Lipinski definition) is 4. The van der Waals surface area contributed by atoms with E-state index in [0.717, 1.165) is 29.3 Å². The minimum absolute atomic E-state index is 0.0826. The third-order valence-electron chi connectivity index (χ3n) is 7.21. The van der Waals surface area contributed by atoms with Crippen LogP contribution < -0.4 is 20.7 Å². The number of carbonyl (C=O) groups is 3. The molecule has 228 valence electrons. The number of ether oxygens (including phenoxy) is 1. The average molecular weight is 617 g/mol. The number of piperidine rings is 1. The molecule has 8 nitrogen and oxygen atoms in total. The molecule has 0 aliphatic carbocycles. The van der Waals surface area contributed by atoms with Gasteiger partial charge in [0.05, 0.1) is 23.4 Å². The van der Waals surface area contributed by atoms with E-state index >= 15 is 0 Å². The second-order valence-electron chi connectivity index (χ2n) is 10.2. The molecule has 3 aromatic carbocycles. The van der Waals surface area contributed by atoms with Crippen LogP contribution in [-0.2, 0) is 28.7 Å². The lowest BCUT2D eigenvalue weighted by atomic mass is 9.94. The Morgan fingerprint density at radius 3 is 2.35 bits per heavy atom. The van der Waals surface area contributed by atoms with Crippen LogP contribution in [0.5, 0.6) is 5.75 Å². The topological polar surface area (TPSA) is 99.8 Å². The van der Waals surface area contributed by atoms with Crippen LogP contribution in [0.4, 0.5) is 23.7 Å². The number of likely N-dealkylation sites (tertiary alicyclic amines) is 1. The number of hydrogen-bond donors (Lipinski definition) is 3. The number of benzene rings is 3. The van der Waals surface area contributed by atoms with E-state index in [0.29, 0.717) is 38.2 Å². The van der Waals surface area contributed by atoms with E-state index in [1.807, 2.05) is 42.5 Å². The van der Waals surface area contributed by atoms with Gasteiger partial charge >= 0.3 is 12.2 Å². The molecule has 1 aliphatic rings. The van der Waals surface area contributed by atoms with Crippen LogP contribution in [0.1, 0.15) is 29.5 Å². The Morgan fingerprint density at radius 2 is 1.67 bits per heavy atom. The lowest BCUT2D eigenvalue weighted by molar-refractivity contribution is -0.137. The zero-order valence-corrected chi connectivity index (χ0v) is 24.2. The predicted octanol–water partition coefficient (Wildman–Crippen LogP) is 5.66. The van der Waals surface area contributed by atoms with E-state index in [1.54, 1.807) is 24.1 Å². The van der Waals surface area contributed by atoms with Crippen molar-refractivity contribution in [1.82, 2.24) is 15.5 Å². The predicted molar refractivity (Wildman–Crippen MR) is 157 cm³/mol. The summed E-state index contributed by atoms with van der Waals surface area (Å²) in [5.41, 5.74) is 0.477. The molecule has 1 saturated heterocycles. The van der Waals surface area contributed by atoms with Crippen molar-refractivity contribution in [2.75, 3.05) is 25.5 Å². The highest BCUT2D eigenvalue weighted by atomic mass is 35.5. The standard InChI is InChI=1S/C31H32ClF3N4O4/c1-43-24-9-5-8-21(16-24)19-36-28(40)22-12-14-39(15-13-22)29(41)27(17-20-6-3-2-4-7-20)38-30(42)37-26-18-23(31(33,34)35)10-11-25(26)32/h2-11,16,18,22,27H,12-15,17,19H2,1H3,(H,36,40)(H2,37,38,42)/t27-/m1/s1. The van der Waals surface area contributed by atoms with Gasteiger partial charge in [-0.05, 0) is 54.3 Å². The van der Waals surface area contributed by atoms with Crippen molar-refractivity contribution in [3.63, 3.8) is 0 Å². The molecule has 0 bridgehead atoms. The number of amides is 4. The fraction of sp³-hybridized carbons (Fsp3) is 0.323. The van der Waals surface area contributed by atoms with Gasteiger partial charge in [-0.3, -0.25) is 9.59 Å². The normalized spacial score (nSPS) is 14.5. The average Bonchev–Trinajstić information content (AvgIpc) is 3.00. The number of carbonyl (C=O) groups excluding carboxylic acids is 3. The summed E-state index contributed by atoms with van der Waals surface area (Å²) in [7, 11) is 1.57. The first-order valence-corrected chi connectivity index (χ1v) is 14.1. The summed E-state index contributed by atoms with van der Waals surface area (Å²) in [6.07, 6.45) is -3.58. The highest BCUT2D eigenvalue weighted by molar-refractivity contribution is 6.33. The SMILES string of the molecule is COc1cccc(CNC(=O)C2CCN(C(=O)[C@@H](Cc3ccccc3)NC(=O)Nc3cc(C(F)(F)F)ccc3Cl)CC2)c1. The largest absolute Gasteiger partial charge is 0.497 e. The van der Waals surface area contributed by atoms with Crippen molar-refractivity contribution in [2.24, 2.45) is 5.92 Å². The molecule has 1 fully saturated rings. The highest BCUT2D eigenvalue weighted by Gasteiger charge is 2.33. The van der Waals surface area contributed by atoms with E-state index in [1.165, 1.54) is 0 Å². The van der Waals surface area contributed by atoms with E-state index in [4.69, 9.17) is 16.3 Å². The van der Waals surface area contributed by atoms with Crippen LogP contribution in [0.2, 0.25) is 5.02 Å². The number of nitrogens with zero attached hydrogens (tertiary/aromatic N) is 1. The number of methoxy groups -OCH3 is 1. The molecule has 1 heterocycles. The van der Waals surface area contributed by atoms with Crippen LogP contribution >= 0.6 is 11.6 Å². The number of halogens is 4. The van der Waals surface area contributed by atoms with Crippen LogP contribution in [0.3, 0.4) is 0 Å². The maximum absolute atomic E-state index is 13.6. The summed E-state index contributed by atoms with van der Waals surface area (Å²) in [4.78, 5) is 40.9. The molecule has 3 aromatic rings. The van der Waals surface area contributed by atoms with Gasteiger partial charge in [0.15, 0.2) is 0 Å². The molecule has 0 aromatic heterocycles. The van der Waals surface area contributed by atoms with Gasteiger partial charge in [-0.15, -0.1) is 0 Å². The number of anilines is 1. The van der Waals surface area contributed by atoms with Crippen molar-refractivity contribution < 1.29 is 32.3 Å². The Balaban J connectivity index is 1.38. The van der Waals surface area contributed by atoms with Gasteiger partial charge in [0.1, 0.15) is 11.8 Å².